The van der Waals surface area contributed by atoms with Crippen molar-refractivity contribution in [2.24, 2.45) is 0 Å². The van der Waals surface area contributed by atoms with Gasteiger partial charge in [-0.25, -0.2) is 0 Å². The fraction of sp³-hybridized carbons (Fsp3) is 0.318. The predicted molar refractivity (Wildman–Crippen MR) is 105 cm³/mol. The summed E-state index contributed by atoms with van der Waals surface area (Å²) >= 11 is 0. The lowest BCUT2D eigenvalue weighted by atomic mass is 9.75. The summed E-state index contributed by atoms with van der Waals surface area (Å²) in [6.45, 7) is 0.176. The van der Waals surface area contributed by atoms with Crippen molar-refractivity contribution >= 4 is 11.5 Å². The molecular formula is C22H21NO6. The quantitative estimate of drug-likeness (QED) is 0.819. The lowest BCUT2D eigenvalue weighted by Gasteiger charge is -2.34. The van der Waals surface area contributed by atoms with Crippen molar-refractivity contribution in [2.45, 2.75) is 25.2 Å². The predicted octanol–water partition coefficient (Wildman–Crippen LogP) is 3.70. The molecule has 150 valence electrons. The number of carbonyl (C=O) groups is 1. The first-order valence-corrected chi connectivity index (χ1v) is 9.52. The fourth-order valence-electron chi connectivity index (χ4n) is 4.38. The van der Waals surface area contributed by atoms with Gasteiger partial charge < -0.3 is 29.4 Å². The average molecular weight is 395 g/mol. The van der Waals surface area contributed by atoms with Gasteiger partial charge in [0.2, 0.25) is 12.5 Å². The number of fused-ring (bicyclic) bond motifs is 2. The third kappa shape index (κ3) is 2.68. The van der Waals surface area contributed by atoms with Crippen molar-refractivity contribution in [3.8, 4) is 28.7 Å². The number of Topliss-reactive ketones (excluding diaryl/α,β-unsaturated/α-hetero) is 1. The molecule has 1 unspecified atom stereocenters. The standard InChI is InChI=1S/C22H21NO6/c1-26-18-6-11(7-19(27-2)22(18)25)20-12-8-16-17(29-10-28-16)9-14(12)23-13-4-3-5-15(24)21(13)20/h6-9,20,23,25H,3-5,10H2,1-2H3. The number of ether oxygens (including phenoxy) is 4. The summed E-state index contributed by atoms with van der Waals surface area (Å²) in [5, 5.41) is 13.8. The number of phenolic OH excluding ortho intramolecular Hbond substituents is 1. The van der Waals surface area contributed by atoms with Gasteiger partial charge in [-0.05, 0) is 42.2 Å². The Kier molecular flexibility index (Phi) is 4.04. The van der Waals surface area contributed by atoms with E-state index in [9.17, 15) is 9.90 Å². The van der Waals surface area contributed by atoms with Crippen molar-refractivity contribution in [1.29, 1.82) is 0 Å². The smallest absolute Gasteiger partial charge is 0.231 e. The van der Waals surface area contributed by atoms with Crippen LogP contribution in [0.1, 0.15) is 36.3 Å². The minimum Gasteiger partial charge on any atom is -0.502 e. The summed E-state index contributed by atoms with van der Waals surface area (Å²) in [4.78, 5) is 13.0. The monoisotopic (exact) mass is 395 g/mol. The molecule has 0 radical (unpaired) electrons. The maximum Gasteiger partial charge on any atom is 0.231 e. The largest absolute Gasteiger partial charge is 0.502 e. The van der Waals surface area contributed by atoms with Crippen LogP contribution < -0.4 is 24.3 Å². The summed E-state index contributed by atoms with van der Waals surface area (Å²) in [6.07, 6.45) is 2.14. The van der Waals surface area contributed by atoms with Crippen LogP contribution in [0.2, 0.25) is 0 Å². The van der Waals surface area contributed by atoms with Crippen molar-refractivity contribution in [3.63, 3.8) is 0 Å². The summed E-state index contributed by atoms with van der Waals surface area (Å²) in [5.41, 5.74) is 4.29. The van der Waals surface area contributed by atoms with E-state index in [0.717, 1.165) is 40.9 Å². The number of anilines is 1. The van der Waals surface area contributed by atoms with Crippen molar-refractivity contribution in [3.05, 3.63) is 46.7 Å². The minimum absolute atomic E-state index is 0.0669. The number of rotatable bonds is 3. The molecule has 2 N–H and O–H groups in total. The second-order valence-corrected chi connectivity index (χ2v) is 7.29. The summed E-state index contributed by atoms with van der Waals surface area (Å²) in [7, 11) is 2.98. The number of methoxy groups -OCH3 is 2. The molecule has 0 saturated carbocycles. The van der Waals surface area contributed by atoms with Crippen LogP contribution in [0.25, 0.3) is 0 Å². The SMILES string of the molecule is COc1cc(C2C3=C(CCCC3=O)Nc3cc4c(cc32)OCO4)cc(OC)c1O. The molecule has 7 heteroatoms. The van der Waals surface area contributed by atoms with Gasteiger partial charge in [0.1, 0.15) is 0 Å². The number of phenols is 1. The van der Waals surface area contributed by atoms with E-state index in [-0.39, 0.29) is 24.2 Å². The average Bonchev–Trinajstić information content (AvgIpc) is 3.18. The third-order valence-electron chi connectivity index (χ3n) is 5.72. The van der Waals surface area contributed by atoms with E-state index in [1.165, 1.54) is 14.2 Å². The Bertz CT molecular complexity index is 1030. The Morgan fingerprint density at radius 3 is 2.41 bits per heavy atom. The highest BCUT2D eigenvalue weighted by molar-refractivity contribution is 6.01. The zero-order valence-corrected chi connectivity index (χ0v) is 16.2. The van der Waals surface area contributed by atoms with E-state index in [0.29, 0.717) is 29.4 Å². The minimum atomic E-state index is -0.327. The van der Waals surface area contributed by atoms with Crippen molar-refractivity contribution in [1.82, 2.24) is 0 Å². The third-order valence-corrected chi connectivity index (χ3v) is 5.72. The first-order chi connectivity index (χ1) is 14.1. The molecule has 3 aliphatic rings. The first kappa shape index (κ1) is 17.7. The number of allylic oxidation sites excluding steroid dienone is 2. The molecule has 2 heterocycles. The molecular weight excluding hydrogens is 374 g/mol. The van der Waals surface area contributed by atoms with Gasteiger partial charge in [-0.3, -0.25) is 4.79 Å². The number of carbonyl (C=O) groups excluding carboxylic acids is 1. The van der Waals surface area contributed by atoms with E-state index in [4.69, 9.17) is 18.9 Å². The lowest BCUT2D eigenvalue weighted by molar-refractivity contribution is -0.116. The molecule has 5 rings (SSSR count). The molecule has 0 amide bonds. The molecule has 0 aromatic heterocycles. The summed E-state index contributed by atoms with van der Waals surface area (Å²) in [6, 6.07) is 7.36. The van der Waals surface area contributed by atoms with Gasteiger partial charge in [-0.2, -0.15) is 0 Å². The Hall–Kier alpha value is -3.35. The highest BCUT2D eigenvalue weighted by Gasteiger charge is 2.37. The van der Waals surface area contributed by atoms with Gasteiger partial charge in [-0.15, -0.1) is 0 Å². The highest BCUT2D eigenvalue weighted by atomic mass is 16.7. The van der Waals surface area contributed by atoms with Crippen LogP contribution in [0.5, 0.6) is 28.7 Å². The highest BCUT2D eigenvalue weighted by Crippen LogP contribution is 2.51. The molecule has 0 spiro atoms. The van der Waals surface area contributed by atoms with Crippen LogP contribution >= 0.6 is 0 Å². The zero-order valence-electron chi connectivity index (χ0n) is 16.2. The number of nitrogens with one attached hydrogen (secondary N) is 1. The normalized spacial score (nSPS) is 19.4. The number of benzene rings is 2. The van der Waals surface area contributed by atoms with Crippen LogP contribution in [0, 0.1) is 0 Å². The lowest BCUT2D eigenvalue weighted by Crippen LogP contribution is -2.26. The number of aromatic hydroxyl groups is 1. The van der Waals surface area contributed by atoms with Gasteiger partial charge in [0, 0.05) is 35.4 Å². The molecule has 1 atom stereocenters. The van der Waals surface area contributed by atoms with E-state index < -0.39 is 0 Å². The Morgan fingerprint density at radius 2 is 1.72 bits per heavy atom. The maximum absolute atomic E-state index is 13.0. The van der Waals surface area contributed by atoms with Crippen molar-refractivity contribution in [2.75, 3.05) is 26.3 Å². The second-order valence-electron chi connectivity index (χ2n) is 7.29. The van der Waals surface area contributed by atoms with E-state index >= 15 is 0 Å². The van der Waals surface area contributed by atoms with Crippen LogP contribution in [-0.2, 0) is 4.79 Å². The maximum atomic E-state index is 13.0. The van der Waals surface area contributed by atoms with Gasteiger partial charge in [-0.1, -0.05) is 0 Å². The molecule has 0 fully saturated rings. The topological polar surface area (TPSA) is 86.3 Å². The molecule has 0 bridgehead atoms. The molecule has 2 aromatic rings. The fourth-order valence-corrected chi connectivity index (χ4v) is 4.38. The van der Waals surface area contributed by atoms with Gasteiger partial charge in [0.05, 0.1) is 14.2 Å². The van der Waals surface area contributed by atoms with Crippen LogP contribution in [-0.4, -0.2) is 31.9 Å². The Balaban J connectivity index is 1.75. The molecule has 0 saturated heterocycles. The number of hydrogen-bond donors (Lipinski definition) is 2. The van der Waals surface area contributed by atoms with Crippen LogP contribution in [0.4, 0.5) is 5.69 Å². The zero-order chi connectivity index (χ0) is 20.1. The number of hydrogen-bond acceptors (Lipinski definition) is 7. The van der Waals surface area contributed by atoms with E-state index in [1.54, 1.807) is 12.1 Å². The van der Waals surface area contributed by atoms with E-state index in [2.05, 4.69) is 5.32 Å². The summed E-state index contributed by atoms with van der Waals surface area (Å²) in [5.74, 6) is 1.66. The molecule has 1 aliphatic carbocycles. The number of ketones is 1. The van der Waals surface area contributed by atoms with Gasteiger partial charge in [0.25, 0.3) is 0 Å². The molecule has 2 aromatic carbocycles. The molecule has 2 aliphatic heterocycles. The second kappa shape index (κ2) is 6.62. The van der Waals surface area contributed by atoms with Crippen LogP contribution in [0.3, 0.4) is 0 Å². The Morgan fingerprint density at radius 1 is 1.03 bits per heavy atom. The summed E-state index contributed by atoms with van der Waals surface area (Å²) < 4.78 is 21.8. The van der Waals surface area contributed by atoms with Crippen LogP contribution in [0.15, 0.2) is 35.5 Å². The Labute approximate surface area is 167 Å². The van der Waals surface area contributed by atoms with Crippen molar-refractivity contribution < 1.29 is 28.8 Å². The van der Waals surface area contributed by atoms with Gasteiger partial charge >= 0.3 is 0 Å². The molecule has 29 heavy (non-hydrogen) atoms. The molecule has 7 nitrogen and oxygen atoms in total. The van der Waals surface area contributed by atoms with E-state index in [1.807, 2.05) is 12.1 Å². The van der Waals surface area contributed by atoms with Gasteiger partial charge in [0.15, 0.2) is 28.8 Å². The first-order valence-electron chi connectivity index (χ1n) is 9.52.